The molecule has 0 N–H and O–H groups in total. The van der Waals surface area contributed by atoms with E-state index in [2.05, 4.69) is 43.8 Å². The zero-order valence-electron chi connectivity index (χ0n) is 3.04. The summed E-state index contributed by atoms with van der Waals surface area (Å²) >= 11 is 4.24. The first-order chi connectivity index (χ1) is 2.41. The Hall–Kier alpha value is 1.20. The van der Waals surface area contributed by atoms with Gasteiger partial charge in [0.15, 0.2) is 0 Å². The average molecular weight is 296 g/mol. The number of hydrogen-bond acceptors (Lipinski definition) is 0. The summed E-state index contributed by atoms with van der Waals surface area (Å²) < 4.78 is 0. The number of halogens is 2. The Kier molecular flexibility index (Phi) is 36.0. The van der Waals surface area contributed by atoms with Gasteiger partial charge in [-0.05, 0) is 6.92 Å². The Labute approximate surface area is 56.3 Å². The third-order valence-corrected chi connectivity index (χ3v) is 0. The van der Waals surface area contributed by atoms with E-state index in [1.54, 1.807) is 6.08 Å². The molecule has 0 aliphatic carbocycles. The van der Waals surface area contributed by atoms with Crippen LogP contribution in [0.15, 0.2) is 12.7 Å². The van der Waals surface area contributed by atoms with Gasteiger partial charge in [0, 0.05) is 37.2 Å². The standard InChI is InChI=1S/C3H6.I2/c1-3-2;1-2/h3H,1H2,2H3;. The van der Waals surface area contributed by atoms with Crippen LogP contribution in [0.2, 0.25) is 0 Å². The van der Waals surface area contributed by atoms with Crippen molar-refractivity contribution in [2.45, 2.75) is 6.92 Å². The second kappa shape index (κ2) is 19.0. The molecule has 32 valence electrons. The summed E-state index contributed by atoms with van der Waals surface area (Å²) in [6, 6.07) is 0. The highest BCUT2D eigenvalue weighted by atomic mass is 128. The Morgan fingerprint density at radius 2 is 1.60 bits per heavy atom. The van der Waals surface area contributed by atoms with Crippen molar-refractivity contribution in [3.8, 4) is 0 Å². The minimum absolute atomic E-state index is 1.75. The molecule has 0 fully saturated rings. The van der Waals surface area contributed by atoms with E-state index in [0.717, 1.165) is 0 Å². The minimum atomic E-state index is 1.75. The fourth-order valence-corrected chi connectivity index (χ4v) is 0. The van der Waals surface area contributed by atoms with E-state index in [-0.39, 0.29) is 0 Å². The van der Waals surface area contributed by atoms with Crippen molar-refractivity contribution in [2.24, 2.45) is 0 Å². The molecule has 0 aromatic rings. The summed E-state index contributed by atoms with van der Waals surface area (Å²) in [6.45, 7) is 5.25. The van der Waals surface area contributed by atoms with Gasteiger partial charge in [0.05, 0.1) is 0 Å². The van der Waals surface area contributed by atoms with Gasteiger partial charge in [-0.1, -0.05) is 6.08 Å². The van der Waals surface area contributed by atoms with Gasteiger partial charge in [-0.3, -0.25) is 0 Å². The summed E-state index contributed by atoms with van der Waals surface area (Å²) in [7, 11) is 0. The molecule has 0 heterocycles. The number of rotatable bonds is 0. The molecule has 0 bridgehead atoms. The molecule has 5 heavy (non-hydrogen) atoms. The lowest BCUT2D eigenvalue weighted by Crippen LogP contribution is -1.07. The van der Waals surface area contributed by atoms with Crippen LogP contribution in [-0.2, 0) is 0 Å². The summed E-state index contributed by atoms with van der Waals surface area (Å²) in [6.07, 6.45) is 1.75. The zero-order valence-corrected chi connectivity index (χ0v) is 7.36. The van der Waals surface area contributed by atoms with Crippen molar-refractivity contribution in [3.63, 3.8) is 0 Å². The molecule has 0 aliphatic heterocycles. The number of hydrogen-bond donors (Lipinski definition) is 0. The molecule has 0 aliphatic rings. The number of allylic oxidation sites excluding steroid dienone is 1. The summed E-state index contributed by atoms with van der Waals surface area (Å²) in [5, 5.41) is 0. The average Bonchev–Trinajstić information content (AvgIpc) is 1.46. The highest BCUT2D eigenvalue weighted by Gasteiger charge is 1.15. The van der Waals surface area contributed by atoms with E-state index in [1.807, 2.05) is 6.92 Å². The summed E-state index contributed by atoms with van der Waals surface area (Å²) in [4.78, 5) is 0. The van der Waals surface area contributed by atoms with E-state index < -0.39 is 0 Å². The van der Waals surface area contributed by atoms with E-state index in [9.17, 15) is 0 Å². The largest absolute Gasteiger partial charge is 0.103 e. The van der Waals surface area contributed by atoms with Crippen molar-refractivity contribution in [1.82, 2.24) is 0 Å². The third-order valence-electron chi connectivity index (χ3n) is 0. The fourth-order valence-electron chi connectivity index (χ4n) is 0. The first-order valence-electron chi connectivity index (χ1n) is 1.13. The molecule has 0 amide bonds. The molecule has 0 saturated heterocycles. The highest BCUT2D eigenvalue weighted by molar-refractivity contribution is 15.0. The van der Waals surface area contributed by atoms with Crippen molar-refractivity contribution in [2.75, 3.05) is 0 Å². The van der Waals surface area contributed by atoms with Crippen LogP contribution in [-0.4, -0.2) is 0 Å². The van der Waals surface area contributed by atoms with E-state index in [1.165, 1.54) is 0 Å². The Morgan fingerprint density at radius 3 is 1.60 bits per heavy atom. The van der Waals surface area contributed by atoms with Crippen LogP contribution < -0.4 is 0 Å². The maximum absolute atomic E-state index is 3.36. The molecule has 0 rings (SSSR count). The van der Waals surface area contributed by atoms with Crippen molar-refractivity contribution >= 4 is 37.2 Å². The molecule has 0 aromatic carbocycles. The zero-order chi connectivity index (χ0) is 4.71. The van der Waals surface area contributed by atoms with E-state index in [4.69, 9.17) is 0 Å². The van der Waals surface area contributed by atoms with Crippen LogP contribution >= 0.6 is 37.2 Å². The summed E-state index contributed by atoms with van der Waals surface area (Å²) in [5.74, 6) is 0. The molecule has 0 aromatic heterocycles. The van der Waals surface area contributed by atoms with Gasteiger partial charge in [-0.25, -0.2) is 0 Å². The monoisotopic (exact) mass is 296 g/mol. The Balaban J connectivity index is 0. The molecular weight excluding hydrogens is 290 g/mol. The first-order valence-corrected chi connectivity index (χ1v) is 7.41. The second-order valence-corrected chi connectivity index (χ2v) is 0.408. The molecule has 0 saturated carbocycles. The third kappa shape index (κ3) is 37.0. The first kappa shape index (κ1) is 9.50. The van der Waals surface area contributed by atoms with E-state index >= 15 is 0 Å². The van der Waals surface area contributed by atoms with Gasteiger partial charge >= 0.3 is 0 Å². The van der Waals surface area contributed by atoms with E-state index in [0.29, 0.717) is 0 Å². The lowest BCUT2D eigenvalue weighted by Gasteiger charge is -1.31. The normalized spacial score (nSPS) is 3.80. The van der Waals surface area contributed by atoms with Crippen LogP contribution in [0, 0.1) is 0 Å². The Bertz CT molecular complexity index is 12.4. The quantitative estimate of drug-likeness (QED) is 0.476. The van der Waals surface area contributed by atoms with Crippen LogP contribution in [0.3, 0.4) is 0 Å². The lowest BCUT2D eigenvalue weighted by molar-refractivity contribution is 1.80. The molecule has 2 heteroatoms. The smallest absolute Gasteiger partial charge is 0 e. The molecule has 0 unspecified atom stereocenters. The van der Waals surface area contributed by atoms with Gasteiger partial charge in [0.25, 0.3) is 0 Å². The maximum atomic E-state index is 3.36. The van der Waals surface area contributed by atoms with Gasteiger partial charge in [-0.2, -0.15) is 0 Å². The van der Waals surface area contributed by atoms with Crippen molar-refractivity contribution < 1.29 is 0 Å². The maximum Gasteiger partial charge on any atom is 0 e. The summed E-state index contributed by atoms with van der Waals surface area (Å²) in [5.41, 5.74) is 0. The molecule has 0 spiro atoms. The minimum Gasteiger partial charge on any atom is -0.103 e. The highest BCUT2D eigenvalue weighted by Crippen LogP contribution is 1.89. The fraction of sp³-hybridized carbons (Fsp3) is 0.333. The predicted molar refractivity (Wildman–Crippen MR) is 43.9 cm³/mol. The molecule has 0 nitrogen and oxygen atoms in total. The predicted octanol–water partition coefficient (Wildman–Crippen LogP) is 2.96. The van der Waals surface area contributed by atoms with Gasteiger partial charge in [-0.15, -0.1) is 6.58 Å². The molecule has 0 radical (unpaired) electrons. The Morgan fingerprint density at radius 1 is 1.60 bits per heavy atom. The van der Waals surface area contributed by atoms with Crippen LogP contribution in [0.4, 0.5) is 0 Å². The SMILES string of the molecule is C=CC.II. The van der Waals surface area contributed by atoms with Gasteiger partial charge in [0.1, 0.15) is 0 Å². The van der Waals surface area contributed by atoms with Crippen LogP contribution in [0.5, 0.6) is 0 Å². The van der Waals surface area contributed by atoms with Crippen molar-refractivity contribution in [1.29, 1.82) is 0 Å². The molecular formula is C3H6I2. The van der Waals surface area contributed by atoms with Crippen molar-refractivity contribution in [3.05, 3.63) is 12.7 Å². The topological polar surface area (TPSA) is 0 Å². The second-order valence-electron chi connectivity index (χ2n) is 0.408. The van der Waals surface area contributed by atoms with Crippen LogP contribution in [0.25, 0.3) is 0 Å². The molecule has 0 atom stereocenters. The van der Waals surface area contributed by atoms with Crippen LogP contribution in [0.1, 0.15) is 6.92 Å². The van der Waals surface area contributed by atoms with Gasteiger partial charge < -0.3 is 0 Å². The lowest BCUT2D eigenvalue weighted by atomic mass is 10.8. The van der Waals surface area contributed by atoms with Gasteiger partial charge in [0.2, 0.25) is 0 Å².